The molecule has 0 spiro atoms. The predicted molar refractivity (Wildman–Crippen MR) is 147 cm³/mol. The van der Waals surface area contributed by atoms with Gasteiger partial charge in [-0.2, -0.15) is 9.97 Å². The third-order valence-electron chi connectivity index (χ3n) is 6.00. The minimum absolute atomic E-state index is 0.0164. The maximum Gasteiger partial charge on any atom is 0.326 e. The van der Waals surface area contributed by atoms with Crippen LogP contribution >= 0.6 is 0 Å². The van der Waals surface area contributed by atoms with Crippen molar-refractivity contribution in [2.45, 2.75) is 44.3 Å². The van der Waals surface area contributed by atoms with Gasteiger partial charge in [0.25, 0.3) is 5.91 Å². The Labute approximate surface area is 238 Å². The minimum atomic E-state index is -1.54. The number of anilines is 3. The number of aliphatic carboxylic acids is 3. The average molecular weight is 584 g/mol. The Morgan fingerprint density at radius 1 is 0.881 bits per heavy atom. The molecule has 0 saturated carbocycles. The van der Waals surface area contributed by atoms with Crippen LogP contribution in [0.2, 0.25) is 0 Å². The Balaban J connectivity index is 1.68. The number of nitrogens with two attached hydrogens (primary N) is 2. The zero-order chi connectivity index (χ0) is 31.0. The van der Waals surface area contributed by atoms with Crippen molar-refractivity contribution < 1.29 is 39.3 Å². The molecule has 2 aromatic heterocycles. The van der Waals surface area contributed by atoms with E-state index in [1.807, 2.05) is 4.90 Å². The molecule has 0 saturated heterocycles. The zero-order valence-corrected chi connectivity index (χ0v) is 22.4. The van der Waals surface area contributed by atoms with Crippen LogP contribution in [0.25, 0.3) is 11.2 Å². The van der Waals surface area contributed by atoms with E-state index in [1.54, 1.807) is 19.2 Å². The summed E-state index contributed by atoms with van der Waals surface area (Å²) in [6.45, 7) is 0.308. The van der Waals surface area contributed by atoms with Crippen molar-refractivity contribution in [2.24, 2.45) is 0 Å². The number of benzene rings is 1. The molecule has 9 N–H and O–H groups in total. The number of carbonyl (C=O) groups is 5. The monoisotopic (exact) mass is 583 g/mol. The second-order valence-corrected chi connectivity index (χ2v) is 9.19. The molecule has 3 rings (SSSR count). The van der Waals surface area contributed by atoms with Crippen LogP contribution in [-0.4, -0.2) is 84.1 Å². The second kappa shape index (κ2) is 13.6. The molecule has 0 radical (unpaired) electrons. The van der Waals surface area contributed by atoms with Crippen LogP contribution in [0.15, 0.2) is 30.5 Å². The summed E-state index contributed by atoms with van der Waals surface area (Å²) >= 11 is 0. The average Bonchev–Trinajstić information content (AvgIpc) is 2.93. The molecule has 0 bridgehead atoms. The van der Waals surface area contributed by atoms with Crippen molar-refractivity contribution >= 4 is 58.3 Å². The van der Waals surface area contributed by atoms with Crippen molar-refractivity contribution in [1.29, 1.82) is 0 Å². The van der Waals surface area contributed by atoms with E-state index in [4.69, 9.17) is 21.7 Å². The SMILES string of the molecule is CN(Cc1cnc2nc(N)nc(N)c2n1)c1ccc(C(=O)NC(CCC(=O)O)C(=O)NC(CCC(=O)O)C(=O)O)cc1. The number of nitrogens with one attached hydrogen (secondary N) is 2. The van der Waals surface area contributed by atoms with E-state index >= 15 is 0 Å². The van der Waals surface area contributed by atoms with Gasteiger partial charge in [0.1, 0.15) is 12.1 Å². The lowest BCUT2D eigenvalue weighted by Crippen LogP contribution is -2.51. The Morgan fingerprint density at radius 2 is 1.50 bits per heavy atom. The quantitative estimate of drug-likeness (QED) is 0.127. The van der Waals surface area contributed by atoms with E-state index in [1.165, 1.54) is 18.3 Å². The highest BCUT2D eigenvalue weighted by Crippen LogP contribution is 2.19. The first-order chi connectivity index (χ1) is 19.8. The first-order valence-electron chi connectivity index (χ1n) is 12.5. The number of amides is 2. The van der Waals surface area contributed by atoms with Gasteiger partial charge < -0.3 is 42.3 Å². The molecule has 2 atom stereocenters. The molecule has 2 amide bonds. The summed E-state index contributed by atoms with van der Waals surface area (Å²) in [6, 6.07) is 3.32. The Hall–Kier alpha value is -5.61. The minimum Gasteiger partial charge on any atom is -0.481 e. The number of aromatic nitrogens is 4. The molecule has 17 nitrogen and oxygen atoms in total. The summed E-state index contributed by atoms with van der Waals surface area (Å²) in [6.07, 6.45) is -0.210. The van der Waals surface area contributed by atoms with Crippen molar-refractivity contribution in [3.8, 4) is 0 Å². The van der Waals surface area contributed by atoms with Crippen LogP contribution in [0.5, 0.6) is 0 Å². The standard InChI is InChI=1S/C25H29N9O8/c1-34(11-13-10-28-21-19(29-13)20(26)32-25(27)33-21)14-4-2-12(3-5-14)22(39)30-15(6-8-17(35)36)23(40)31-16(24(41)42)7-9-18(37)38/h2-5,10,15-16H,6-9,11H2,1H3,(H,30,39)(H,31,40)(H,35,36)(H,37,38)(H,41,42)(H4,26,27,28,32,33). The smallest absolute Gasteiger partial charge is 0.326 e. The lowest BCUT2D eigenvalue weighted by atomic mass is 10.1. The van der Waals surface area contributed by atoms with Gasteiger partial charge in [0.05, 0.1) is 18.4 Å². The van der Waals surface area contributed by atoms with Gasteiger partial charge in [-0.3, -0.25) is 19.2 Å². The Bertz CT molecular complexity index is 1500. The van der Waals surface area contributed by atoms with E-state index in [0.717, 1.165) is 0 Å². The third-order valence-corrected chi connectivity index (χ3v) is 6.00. The molecule has 222 valence electrons. The van der Waals surface area contributed by atoms with Crippen LogP contribution in [-0.2, 0) is 25.7 Å². The molecule has 0 aliphatic heterocycles. The van der Waals surface area contributed by atoms with Gasteiger partial charge in [0.2, 0.25) is 11.9 Å². The van der Waals surface area contributed by atoms with Gasteiger partial charge in [0.15, 0.2) is 17.0 Å². The number of hydrogen-bond donors (Lipinski definition) is 7. The molecule has 2 heterocycles. The van der Waals surface area contributed by atoms with Crippen molar-refractivity contribution in [1.82, 2.24) is 30.6 Å². The van der Waals surface area contributed by atoms with Crippen molar-refractivity contribution in [3.05, 3.63) is 41.7 Å². The lowest BCUT2D eigenvalue weighted by Gasteiger charge is -2.21. The van der Waals surface area contributed by atoms with Crippen LogP contribution in [0.1, 0.15) is 41.7 Å². The summed E-state index contributed by atoms with van der Waals surface area (Å²) in [4.78, 5) is 77.3. The highest BCUT2D eigenvalue weighted by atomic mass is 16.4. The number of carboxylic acids is 3. The van der Waals surface area contributed by atoms with E-state index in [9.17, 15) is 29.1 Å². The fourth-order valence-corrected chi connectivity index (χ4v) is 3.84. The predicted octanol–water partition coefficient (Wildman–Crippen LogP) is -0.382. The van der Waals surface area contributed by atoms with Gasteiger partial charge in [-0.25, -0.2) is 14.8 Å². The van der Waals surface area contributed by atoms with E-state index in [0.29, 0.717) is 23.4 Å². The molecular formula is C25H29N9O8. The van der Waals surface area contributed by atoms with Gasteiger partial charge in [-0.05, 0) is 37.1 Å². The first-order valence-corrected chi connectivity index (χ1v) is 12.5. The maximum atomic E-state index is 12.9. The molecule has 17 heteroatoms. The van der Waals surface area contributed by atoms with Crippen LogP contribution in [0.3, 0.4) is 0 Å². The first kappa shape index (κ1) is 30.9. The maximum absolute atomic E-state index is 12.9. The number of carbonyl (C=O) groups excluding carboxylic acids is 2. The highest BCUT2D eigenvalue weighted by Gasteiger charge is 2.28. The second-order valence-electron chi connectivity index (χ2n) is 9.19. The molecule has 1 aromatic carbocycles. The summed E-state index contributed by atoms with van der Waals surface area (Å²) < 4.78 is 0. The van der Waals surface area contributed by atoms with Crippen molar-refractivity contribution in [3.63, 3.8) is 0 Å². The Morgan fingerprint density at radius 3 is 2.10 bits per heavy atom. The summed E-state index contributed by atoms with van der Waals surface area (Å²) in [7, 11) is 1.78. The van der Waals surface area contributed by atoms with E-state index in [2.05, 4.69) is 30.6 Å². The summed E-state index contributed by atoms with van der Waals surface area (Å²) in [5.41, 5.74) is 13.4. The number of fused-ring (bicyclic) bond motifs is 1. The van der Waals surface area contributed by atoms with Crippen LogP contribution < -0.4 is 27.0 Å². The van der Waals surface area contributed by atoms with Crippen LogP contribution in [0.4, 0.5) is 17.5 Å². The number of nitrogen functional groups attached to an aromatic ring is 2. The molecule has 3 aromatic rings. The molecule has 2 unspecified atom stereocenters. The summed E-state index contributed by atoms with van der Waals surface area (Å²) in [5, 5.41) is 31.8. The summed E-state index contributed by atoms with van der Waals surface area (Å²) in [5.74, 6) is -5.53. The van der Waals surface area contributed by atoms with E-state index < -0.39 is 61.1 Å². The van der Waals surface area contributed by atoms with Gasteiger partial charge in [0, 0.05) is 31.1 Å². The van der Waals surface area contributed by atoms with E-state index in [-0.39, 0.29) is 29.4 Å². The highest BCUT2D eigenvalue weighted by molar-refractivity contribution is 5.98. The number of carboxylic acid groups (broad SMARTS) is 3. The Kier molecular flexibility index (Phi) is 10.0. The zero-order valence-electron chi connectivity index (χ0n) is 22.4. The largest absolute Gasteiger partial charge is 0.481 e. The molecule has 0 aliphatic rings. The fourth-order valence-electron chi connectivity index (χ4n) is 3.84. The van der Waals surface area contributed by atoms with Gasteiger partial charge >= 0.3 is 17.9 Å². The number of nitrogens with zero attached hydrogens (tertiary/aromatic N) is 5. The third kappa shape index (κ3) is 8.44. The van der Waals surface area contributed by atoms with Gasteiger partial charge in [-0.1, -0.05) is 0 Å². The molecular weight excluding hydrogens is 554 g/mol. The van der Waals surface area contributed by atoms with Crippen LogP contribution in [0, 0.1) is 0 Å². The lowest BCUT2D eigenvalue weighted by molar-refractivity contribution is -0.143. The molecule has 0 fully saturated rings. The molecule has 42 heavy (non-hydrogen) atoms. The molecule has 0 aliphatic carbocycles. The number of hydrogen-bond acceptors (Lipinski definition) is 12. The number of rotatable bonds is 14. The van der Waals surface area contributed by atoms with Crippen molar-refractivity contribution in [2.75, 3.05) is 23.4 Å². The normalized spacial score (nSPS) is 12.2. The topological polar surface area (TPSA) is 277 Å². The fraction of sp³-hybridized carbons (Fsp3) is 0.320. The van der Waals surface area contributed by atoms with Gasteiger partial charge in [-0.15, -0.1) is 0 Å².